The minimum Gasteiger partial charge on any atom is -0.310 e. The summed E-state index contributed by atoms with van der Waals surface area (Å²) in [5.74, 6) is 0. The molecular weight excluding hydrogens is 220 g/mol. The van der Waals surface area contributed by atoms with E-state index in [-0.39, 0.29) is 0 Å². The number of nitrogens with zero attached hydrogens (tertiary/aromatic N) is 1. The van der Waals surface area contributed by atoms with E-state index in [4.69, 9.17) is 0 Å². The first-order valence-electron chi connectivity index (χ1n) is 6.49. The van der Waals surface area contributed by atoms with Gasteiger partial charge in [0.15, 0.2) is 0 Å². The zero-order chi connectivity index (χ0) is 12.8. The van der Waals surface area contributed by atoms with E-state index in [0.29, 0.717) is 6.04 Å². The van der Waals surface area contributed by atoms with Crippen molar-refractivity contribution in [1.29, 1.82) is 0 Å². The molecular formula is C16H20N2. The van der Waals surface area contributed by atoms with Crippen LogP contribution in [0.15, 0.2) is 48.7 Å². The van der Waals surface area contributed by atoms with Crippen LogP contribution in [0, 0.1) is 6.92 Å². The number of nitrogens with one attached hydrogen (secondary N) is 1. The first-order chi connectivity index (χ1) is 8.79. The Morgan fingerprint density at radius 2 is 1.94 bits per heavy atom. The second-order valence-electron chi connectivity index (χ2n) is 4.55. The number of aryl methyl sites for hydroxylation is 1. The van der Waals surface area contributed by atoms with Crippen molar-refractivity contribution in [2.24, 2.45) is 0 Å². The second kappa shape index (κ2) is 6.31. The normalized spacial score (nSPS) is 12.3. The van der Waals surface area contributed by atoms with E-state index in [1.165, 1.54) is 11.1 Å². The monoisotopic (exact) mass is 240 g/mol. The van der Waals surface area contributed by atoms with Crippen molar-refractivity contribution in [3.05, 3.63) is 65.5 Å². The van der Waals surface area contributed by atoms with Crippen molar-refractivity contribution in [3.8, 4) is 0 Å². The van der Waals surface area contributed by atoms with Gasteiger partial charge in [-0.2, -0.15) is 0 Å². The molecule has 0 bridgehead atoms. The molecule has 1 aromatic heterocycles. The third-order valence-electron chi connectivity index (χ3n) is 3.04. The fraction of sp³-hybridized carbons (Fsp3) is 0.312. The summed E-state index contributed by atoms with van der Waals surface area (Å²) in [4.78, 5) is 4.45. The molecule has 2 heteroatoms. The van der Waals surface area contributed by atoms with Gasteiger partial charge in [0, 0.05) is 24.4 Å². The highest BCUT2D eigenvalue weighted by atomic mass is 14.9. The molecule has 0 aliphatic heterocycles. The highest BCUT2D eigenvalue weighted by molar-refractivity contribution is 5.22. The number of aromatic nitrogens is 1. The Labute approximate surface area is 109 Å². The Hall–Kier alpha value is -1.67. The lowest BCUT2D eigenvalue weighted by molar-refractivity contribution is 0.544. The summed E-state index contributed by atoms with van der Waals surface area (Å²) in [5, 5.41) is 3.53. The summed E-state index contributed by atoms with van der Waals surface area (Å²) in [5.41, 5.74) is 3.73. The van der Waals surface area contributed by atoms with Gasteiger partial charge in [-0.25, -0.2) is 0 Å². The molecule has 0 aliphatic carbocycles. The number of hydrogen-bond acceptors (Lipinski definition) is 2. The molecule has 0 radical (unpaired) electrons. The third-order valence-corrected chi connectivity index (χ3v) is 3.04. The predicted molar refractivity (Wildman–Crippen MR) is 75.5 cm³/mol. The van der Waals surface area contributed by atoms with Crippen LogP contribution < -0.4 is 5.32 Å². The Bertz CT molecular complexity index is 479. The number of benzene rings is 1. The smallest absolute Gasteiger partial charge is 0.0425 e. The van der Waals surface area contributed by atoms with Crippen LogP contribution in [-0.4, -0.2) is 11.5 Å². The zero-order valence-corrected chi connectivity index (χ0v) is 11.1. The molecule has 1 heterocycles. The Morgan fingerprint density at radius 1 is 1.17 bits per heavy atom. The van der Waals surface area contributed by atoms with Gasteiger partial charge in [0.25, 0.3) is 0 Å². The van der Waals surface area contributed by atoms with Crippen molar-refractivity contribution >= 4 is 0 Å². The van der Waals surface area contributed by atoms with Crippen LogP contribution >= 0.6 is 0 Å². The maximum Gasteiger partial charge on any atom is 0.0425 e. The molecule has 0 saturated heterocycles. The van der Waals surface area contributed by atoms with Gasteiger partial charge in [0.1, 0.15) is 0 Å². The van der Waals surface area contributed by atoms with Gasteiger partial charge in [-0.05, 0) is 36.7 Å². The van der Waals surface area contributed by atoms with Crippen LogP contribution in [0.4, 0.5) is 0 Å². The van der Waals surface area contributed by atoms with Crippen molar-refractivity contribution in [3.63, 3.8) is 0 Å². The van der Waals surface area contributed by atoms with Crippen LogP contribution in [0.3, 0.4) is 0 Å². The quantitative estimate of drug-likeness (QED) is 0.867. The molecule has 1 unspecified atom stereocenters. The zero-order valence-electron chi connectivity index (χ0n) is 11.1. The van der Waals surface area contributed by atoms with E-state index < -0.39 is 0 Å². The predicted octanol–water partition coefficient (Wildman–Crippen LogP) is 3.28. The van der Waals surface area contributed by atoms with Gasteiger partial charge in [0.2, 0.25) is 0 Å². The summed E-state index contributed by atoms with van der Waals surface area (Å²) < 4.78 is 0. The summed E-state index contributed by atoms with van der Waals surface area (Å²) in [6.45, 7) is 5.21. The molecule has 94 valence electrons. The lowest BCUT2D eigenvalue weighted by Gasteiger charge is -2.18. The maximum absolute atomic E-state index is 4.45. The number of rotatable bonds is 5. The molecule has 0 saturated carbocycles. The fourth-order valence-corrected chi connectivity index (χ4v) is 2.16. The maximum atomic E-state index is 4.45. The molecule has 2 aromatic rings. The van der Waals surface area contributed by atoms with Crippen LogP contribution in [0.25, 0.3) is 0 Å². The standard InChI is InChI=1S/C16H20N2/c1-3-17-16(14-7-5-4-6-8-14)12-15-11-13(2)9-10-18-15/h4-11,16-17H,3,12H2,1-2H3. The van der Waals surface area contributed by atoms with Gasteiger partial charge >= 0.3 is 0 Å². The molecule has 2 nitrogen and oxygen atoms in total. The molecule has 0 aliphatic rings. The van der Waals surface area contributed by atoms with Crippen LogP contribution in [-0.2, 0) is 6.42 Å². The lowest BCUT2D eigenvalue weighted by Crippen LogP contribution is -2.23. The van der Waals surface area contributed by atoms with E-state index in [0.717, 1.165) is 18.7 Å². The van der Waals surface area contributed by atoms with E-state index in [9.17, 15) is 0 Å². The van der Waals surface area contributed by atoms with Crippen molar-refractivity contribution in [1.82, 2.24) is 10.3 Å². The lowest BCUT2D eigenvalue weighted by atomic mass is 10.0. The van der Waals surface area contributed by atoms with Crippen LogP contribution in [0.5, 0.6) is 0 Å². The fourth-order valence-electron chi connectivity index (χ4n) is 2.16. The van der Waals surface area contributed by atoms with E-state index in [2.05, 4.69) is 60.5 Å². The Kier molecular flexibility index (Phi) is 4.48. The number of hydrogen-bond donors (Lipinski definition) is 1. The number of pyridine rings is 1. The largest absolute Gasteiger partial charge is 0.310 e. The summed E-state index contributed by atoms with van der Waals surface area (Å²) >= 11 is 0. The van der Waals surface area contributed by atoms with Crippen molar-refractivity contribution in [2.75, 3.05) is 6.54 Å². The molecule has 18 heavy (non-hydrogen) atoms. The topological polar surface area (TPSA) is 24.9 Å². The van der Waals surface area contributed by atoms with E-state index in [1.54, 1.807) is 0 Å². The molecule has 2 rings (SSSR count). The second-order valence-corrected chi connectivity index (χ2v) is 4.55. The molecule has 0 spiro atoms. The molecule has 1 N–H and O–H groups in total. The first kappa shape index (κ1) is 12.8. The summed E-state index contributed by atoms with van der Waals surface area (Å²) in [6, 6.07) is 15.1. The average Bonchev–Trinajstić information content (AvgIpc) is 2.39. The first-order valence-corrected chi connectivity index (χ1v) is 6.49. The van der Waals surface area contributed by atoms with Crippen molar-refractivity contribution in [2.45, 2.75) is 26.3 Å². The van der Waals surface area contributed by atoms with E-state index >= 15 is 0 Å². The highest BCUT2D eigenvalue weighted by Gasteiger charge is 2.11. The highest BCUT2D eigenvalue weighted by Crippen LogP contribution is 2.17. The molecule has 1 aromatic carbocycles. The van der Waals surface area contributed by atoms with Crippen LogP contribution in [0.2, 0.25) is 0 Å². The summed E-state index contributed by atoms with van der Waals surface area (Å²) in [7, 11) is 0. The SMILES string of the molecule is CCNC(Cc1cc(C)ccn1)c1ccccc1. The minimum atomic E-state index is 0.338. The van der Waals surface area contributed by atoms with Gasteiger partial charge in [0.05, 0.1) is 0 Å². The van der Waals surface area contributed by atoms with Gasteiger partial charge in [-0.1, -0.05) is 37.3 Å². The minimum absolute atomic E-state index is 0.338. The van der Waals surface area contributed by atoms with Gasteiger partial charge < -0.3 is 5.32 Å². The number of likely N-dealkylation sites (N-methyl/N-ethyl adjacent to an activating group) is 1. The molecule has 0 fully saturated rings. The van der Waals surface area contributed by atoms with Gasteiger partial charge in [-0.3, -0.25) is 4.98 Å². The van der Waals surface area contributed by atoms with E-state index in [1.807, 2.05) is 12.3 Å². The third kappa shape index (κ3) is 3.41. The van der Waals surface area contributed by atoms with Crippen LogP contribution in [0.1, 0.15) is 29.8 Å². The summed E-state index contributed by atoms with van der Waals surface area (Å²) in [6.07, 6.45) is 2.82. The average molecular weight is 240 g/mol. The molecule has 0 amide bonds. The Balaban J connectivity index is 2.16. The van der Waals surface area contributed by atoms with Gasteiger partial charge in [-0.15, -0.1) is 0 Å². The Morgan fingerprint density at radius 3 is 2.61 bits per heavy atom. The van der Waals surface area contributed by atoms with Crippen molar-refractivity contribution < 1.29 is 0 Å². The molecule has 1 atom stereocenters.